The third-order valence-corrected chi connectivity index (χ3v) is 15.6. The number of hydrogen-bond acceptors (Lipinski definition) is 35. The fraction of sp³-hybridized carbons (Fsp3) is 0.939. The van der Waals surface area contributed by atoms with E-state index in [4.69, 9.17) is 56.8 Å². The lowest BCUT2D eigenvalue weighted by Crippen LogP contribution is -2.70. The second-order valence-electron chi connectivity index (χ2n) is 21.9. The number of ether oxygens (including phenoxy) is 12. The number of aliphatic hydroxyl groups is 20. The lowest BCUT2D eigenvalue weighted by Gasteiger charge is -2.50. The Morgan fingerprint density at radius 1 is 0.402 bits per heavy atom. The molecule has 0 aromatic heterocycles. The van der Waals surface area contributed by atoms with E-state index in [1.807, 2.05) is 0 Å². The summed E-state index contributed by atoms with van der Waals surface area (Å²) in [6.45, 7) is -2.03. The van der Waals surface area contributed by atoms with Crippen molar-refractivity contribution in [2.24, 2.45) is 0 Å². The van der Waals surface area contributed by atoms with E-state index in [-0.39, 0.29) is 0 Å². The quantitative estimate of drug-likeness (QED) is 0.0358. The van der Waals surface area contributed by atoms with Gasteiger partial charge in [-0.1, -0.05) is 0 Å². The molecule has 23 N–H and O–H groups in total. The molecule has 0 aromatic rings. The largest absolute Gasteiger partial charge is 0.394 e. The zero-order valence-corrected chi connectivity index (χ0v) is 47.4. The van der Waals surface area contributed by atoms with Crippen LogP contribution in [0.5, 0.6) is 0 Å². The van der Waals surface area contributed by atoms with Crippen LogP contribution < -0.4 is 16.0 Å². The Morgan fingerprint density at radius 3 is 1.25 bits per heavy atom. The summed E-state index contributed by atoms with van der Waals surface area (Å²) in [5, 5.41) is 225. The van der Waals surface area contributed by atoms with Crippen molar-refractivity contribution in [3.63, 3.8) is 0 Å². The third-order valence-electron chi connectivity index (χ3n) is 15.6. The van der Waals surface area contributed by atoms with Gasteiger partial charge in [0.05, 0.1) is 64.5 Å². The first kappa shape index (κ1) is 73.2. The fourth-order valence-corrected chi connectivity index (χ4v) is 11.0. The monoisotopic (exact) mass is 1280 g/mol. The minimum atomic E-state index is -2.75. The van der Waals surface area contributed by atoms with Crippen molar-refractivity contribution >= 4 is 17.7 Å². The number of aliphatic hydroxyl groups excluding tert-OH is 20. The predicted octanol–water partition coefficient (Wildman–Crippen LogP) is -14.8. The minimum absolute atomic E-state index is 0.589. The molecular formula is C49H85N3O35. The molecule has 20 unspecified atom stereocenters. The molecule has 0 saturated carbocycles. The lowest BCUT2D eigenvalue weighted by atomic mass is 9.92. The average Bonchev–Trinajstić information content (AvgIpc) is 1.03. The summed E-state index contributed by atoms with van der Waals surface area (Å²) < 4.78 is 69.2. The Bertz CT molecular complexity index is 2130. The molecule has 6 fully saturated rings. The third kappa shape index (κ3) is 17.1. The summed E-state index contributed by atoms with van der Waals surface area (Å²) in [5.74, 6) is -2.35. The van der Waals surface area contributed by atoms with Crippen LogP contribution in [0, 0.1) is 0 Å². The highest BCUT2D eigenvalue weighted by Gasteiger charge is 2.57. The van der Waals surface area contributed by atoms with Crippen molar-refractivity contribution < 1.29 is 173 Å². The molecule has 6 aliphatic rings. The maximum Gasteiger partial charge on any atom is 0.217 e. The molecule has 0 spiro atoms. The van der Waals surface area contributed by atoms with Crippen LogP contribution >= 0.6 is 0 Å². The SMILES string of the molecule is CC(=O)NC1C(O)[C@H](O[C@@H]2OC(CO)[C@H](O)C(O)C2O)C(CO)O[C@H]1OC1C(O)[C@H](O)C(CO)O[C@@H]1OC(C(O)[C@@H](O)O[C@@H]1C(CO)O[C@@H](O[C@@H]2C(CO)O[C@@H](C)C(NC(C)=O)C2O)C(NC(C)=O)C1O)[C@H](O)CCO[C@H]1OC(CO)[C@@H](O)C(O)C1O. The first-order valence-corrected chi connectivity index (χ1v) is 27.9. The fourth-order valence-electron chi connectivity index (χ4n) is 11.0. The molecule has 38 nitrogen and oxygen atoms in total. The van der Waals surface area contributed by atoms with Crippen molar-refractivity contribution in [2.75, 3.05) is 46.2 Å². The summed E-state index contributed by atoms with van der Waals surface area (Å²) >= 11 is 0. The highest BCUT2D eigenvalue weighted by Crippen LogP contribution is 2.36. The lowest BCUT2D eigenvalue weighted by molar-refractivity contribution is -0.382. The summed E-state index contributed by atoms with van der Waals surface area (Å²) in [6, 6.07) is -4.80. The molecule has 0 aromatic carbocycles. The Balaban J connectivity index is 1.31. The summed E-state index contributed by atoms with van der Waals surface area (Å²) in [4.78, 5) is 37.4. The highest BCUT2D eigenvalue weighted by molar-refractivity contribution is 5.74. The molecule has 38 heteroatoms. The second-order valence-corrected chi connectivity index (χ2v) is 21.9. The summed E-state index contributed by atoms with van der Waals surface area (Å²) in [6.07, 6.45) is -61.3. The van der Waals surface area contributed by atoms with Gasteiger partial charge in [-0.25, -0.2) is 0 Å². The second kappa shape index (κ2) is 32.6. The molecule has 3 amide bonds. The van der Waals surface area contributed by atoms with Gasteiger partial charge in [0, 0.05) is 20.8 Å². The van der Waals surface area contributed by atoms with Crippen molar-refractivity contribution in [3.05, 3.63) is 0 Å². The minimum Gasteiger partial charge on any atom is -0.394 e. The Kier molecular flexibility index (Phi) is 27.4. The zero-order valence-electron chi connectivity index (χ0n) is 47.4. The molecule has 0 radical (unpaired) electrons. The smallest absolute Gasteiger partial charge is 0.217 e. The standard InChI is InChI=1S/C49H85N3O35/c1-13-24(50-14(2)59)30(66)41(21(10-56)77-13)85-45-25(51-15(3)60)31(67)40(22(11-57)81-45)83-44(75)38(74)39(17(62)5-6-76-47-36(72)33(69)27(63)18(7-53)78-47)84-49-43(35(71)29(65)20(9-55)80-49)87-46-26(52-16(4)61)32(68)42(23(12-58)82-46)86-48-37(73)34(70)28(64)19(8-54)79-48/h13,17-49,53-58,62-75H,5-12H2,1-4H3,(H,50,59)(H,51,60)(H,52,61)/t13-,17+,18?,19?,20?,21?,22?,23?,24?,25?,26?,27+,28-,29+,30?,31?,32?,33?,34?,35?,36?,37?,38?,39?,40+,41+,42+,43?,44-,45-,46-,47-,48-,49+/m0/s1. The molecule has 0 bridgehead atoms. The van der Waals surface area contributed by atoms with Gasteiger partial charge in [-0.15, -0.1) is 0 Å². The molecule has 506 valence electrons. The zero-order chi connectivity index (χ0) is 64.6. The van der Waals surface area contributed by atoms with Gasteiger partial charge < -0.3 is 175 Å². The van der Waals surface area contributed by atoms with Gasteiger partial charge in [0.2, 0.25) is 17.7 Å². The van der Waals surface area contributed by atoms with Crippen LogP contribution in [0.2, 0.25) is 0 Å². The van der Waals surface area contributed by atoms with E-state index in [2.05, 4.69) is 16.0 Å². The molecule has 34 atom stereocenters. The van der Waals surface area contributed by atoms with Crippen LogP contribution in [0.1, 0.15) is 34.1 Å². The average molecular weight is 1280 g/mol. The Labute approximate surface area is 495 Å². The molecule has 0 aliphatic carbocycles. The molecule has 6 saturated heterocycles. The van der Waals surface area contributed by atoms with Gasteiger partial charge >= 0.3 is 0 Å². The predicted molar refractivity (Wildman–Crippen MR) is 272 cm³/mol. The maximum atomic E-state index is 12.7. The van der Waals surface area contributed by atoms with Crippen LogP contribution in [-0.2, 0) is 71.2 Å². The van der Waals surface area contributed by atoms with E-state index in [0.717, 1.165) is 20.8 Å². The van der Waals surface area contributed by atoms with E-state index >= 15 is 0 Å². The number of hydrogen-bond donors (Lipinski definition) is 23. The number of carbonyl (C=O) groups excluding carboxylic acids is 3. The van der Waals surface area contributed by atoms with E-state index in [0.29, 0.717) is 0 Å². The van der Waals surface area contributed by atoms with Crippen LogP contribution in [0.25, 0.3) is 0 Å². The van der Waals surface area contributed by atoms with Crippen molar-refractivity contribution in [1.29, 1.82) is 0 Å². The number of amides is 3. The van der Waals surface area contributed by atoms with E-state index in [1.54, 1.807) is 0 Å². The molecule has 6 aliphatic heterocycles. The van der Waals surface area contributed by atoms with Gasteiger partial charge in [-0.2, -0.15) is 0 Å². The molecule has 6 rings (SSSR count). The summed E-state index contributed by atoms with van der Waals surface area (Å²) in [5.41, 5.74) is 0. The van der Waals surface area contributed by atoms with E-state index in [1.165, 1.54) is 6.92 Å². The van der Waals surface area contributed by atoms with Gasteiger partial charge in [-0.3, -0.25) is 14.4 Å². The Hall–Kier alpha value is -2.87. The normalized spacial score (nSPS) is 45.1. The van der Waals surface area contributed by atoms with Crippen molar-refractivity contribution in [3.8, 4) is 0 Å². The van der Waals surface area contributed by atoms with E-state index < -0.39 is 279 Å². The van der Waals surface area contributed by atoms with Crippen molar-refractivity contribution in [1.82, 2.24) is 16.0 Å². The van der Waals surface area contributed by atoms with Gasteiger partial charge in [0.25, 0.3) is 0 Å². The highest BCUT2D eigenvalue weighted by atomic mass is 16.8. The molecular weight excluding hydrogens is 1190 g/mol. The topological polar surface area (TPSA) is 603 Å². The summed E-state index contributed by atoms with van der Waals surface area (Å²) in [7, 11) is 0. The van der Waals surface area contributed by atoms with Crippen LogP contribution in [0.3, 0.4) is 0 Å². The first-order chi connectivity index (χ1) is 41.1. The van der Waals surface area contributed by atoms with Crippen LogP contribution in [0.15, 0.2) is 0 Å². The molecule has 87 heavy (non-hydrogen) atoms. The van der Waals surface area contributed by atoms with Gasteiger partial charge in [0.1, 0.15) is 152 Å². The van der Waals surface area contributed by atoms with E-state index in [9.17, 15) is 117 Å². The number of nitrogens with one attached hydrogen (secondary N) is 3. The maximum absolute atomic E-state index is 12.7. The molecule has 6 heterocycles. The van der Waals surface area contributed by atoms with Crippen LogP contribution in [-0.4, -0.2) is 375 Å². The van der Waals surface area contributed by atoms with Crippen LogP contribution in [0.4, 0.5) is 0 Å². The first-order valence-electron chi connectivity index (χ1n) is 27.9. The number of carbonyl (C=O) groups is 3. The van der Waals surface area contributed by atoms with Crippen molar-refractivity contribution in [2.45, 2.75) is 243 Å². The Morgan fingerprint density at radius 2 is 0.770 bits per heavy atom. The van der Waals surface area contributed by atoms with Gasteiger partial charge in [0.15, 0.2) is 37.7 Å². The number of rotatable bonds is 26. The van der Waals surface area contributed by atoms with Gasteiger partial charge in [-0.05, 0) is 13.3 Å².